The van der Waals surface area contributed by atoms with Gasteiger partial charge in [0.1, 0.15) is 12.2 Å². The van der Waals surface area contributed by atoms with Gasteiger partial charge in [0.15, 0.2) is 0 Å². The van der Waals surface area contributed by atoms with Gasteiger partial charge in [-0.2, -0.15) is 0 Å². The number of carbonyl (C=O) groups excluding carboxylic acids is 6. The molecule has 0 rings (SSSR count). The average molecular weight is 669 g/mol. The summed E-state index contributed by atoms with van der Waals surface area (Å²) in [6.07, 6.45) is 6.67. The van der Waals surface area contributed by atoms with Crippen LogP contribution in [0.2, 0.25) is 0 Å². The Labute approximate surface area is 299 Å². The molecule has 0 saturated carbocycles. The Morgan fingerprint density at radius 3 is 1.20 bits per heavy atom. The standard InChI is InChI=1S/2C16H29NO5.Ca/c2*1-4-6-7-13(5-2)11-17-14(18)10-12(3)22-16(21)9-8-15(19)20;/h2*12-13H,4-11H2,1-3H3,(H,17,18)(H,19,20);/q;;+2/p-2. The van der Waals surface area contributed by atoms with E-state index in [0.29, 0.717) is 24.9 Å². The molecule has 256 valence electrons. The van der Waals surface area contributed by atoms with Crippen molar-refractivity contribution in [2.45, 2.75) is 144 Å². The summed E-state index contributed by atoms with van der Waals surface area (Å²) in [5, 5.41) is 26.2. The van der Waals surface area contributed by atoms with E-state index >= 15 is 0 Å². The molecule has 0 spiro atoms. The number of carboxylic acid groups (broad SMARTS) is 2. The molecule has 0 aliphatic heterocycles. The molecule has 0 aromatic heterocycles. The van der Waals surface area contributed by atoms with E-state index in [4.69, 9.17) is 9.47 Å². The zero-order valence-electron chi connectivity index (χ0n) is 28.4. The van der Waals surface area contributed by atoms with Gasteiger partial charge in [-0.1, -0.05) is 66.2 Å². The minimum absolute atomic E-state index is 0. The molecule has 0 aliphatic carbocycles. The molecule has 0 bridgehead atoms. The Hall–Kier alpha value is -1.92. The predicted octanol–water partition coefficient (Wildman–Crippen LogP) is 1.96. The van der Waals surface area contributed by atoms with Crippen molar-refractivity contribution < 1.29 is 48.5 Å². The van der Waals surface area contributed by atoms with Gasteiger partial charge in [0.25, 0.3) is 0 Å². The van der Waals surface area contributed by atoms with Crippen LogP contribution >= 0.6 is 0 Å². The Bertz CT molecular complexity index is 788. The third kappa shape index (κ3) is 31.8. The first-order valence-corrected chi connectivity index (χ1v) is 16.1. The summed E-state index contributed by atoms with van der Waals surface area (Å²) in [7, 11) is 0. The minimum Gasteiger partial charge on any atom is -0.550 e. The number of rotatable bonds is 24. The number of carbonyl (C=O) groups is 6. The number of nitrogens with one attached hydrogen (secondary N) is 2. The number of amides is 2. The Balaban J connectivity index is -0.000000767. The largest absolute Gasteiger partial charge is 2.00 e. The van der Waals surface area contributed by atoms with Crippen LogP contribution in [-0.4, -0.2) is 98.7 Å². The molecule has 0 aromatic rings. The van der Waals surface area contributed by atoms with Crippen molar-refractivity contribution in [3.8, 4) is 0 Å². The van der Waals surface area contributed by atoms with Gasteiger partial charge in [0, 0.05) is 25.0 Å². The fourth-order valence-corrected chi connectivity index (χ4v) is 4.13. The van der Waals surface area contributed by atoms with E-state index in [2.05, 4.69) is 38.3 Å². The second-order valence-corrected chi connectivity index (χ2v) is 11.2. The Morgan fingerprint density at radius 2 is 0.933 bits per heavy atom. The van der Waals surface area contributed by atoms with Crippen LogP contribution < -0.4 is 20.8 Å². The van der Waals surface area contributed by atoms with E-state index in [1.165, 1.54) is 0 Å². The van der Waals surface area contributed by atoms with Crippen LogP contribution in [0.15, 0.2) is 0 Å². The van der Waals surface area contributed by atoms with Crippen molar-refractivity contribution in [3.05, 3.63) is 0 Å². The second kappa shape index (κ2) is 30.7. The van der Waals surface area contributed by atoms with Gasteiger partial charge in [-0.15, -0.1) is 0 Å². The monoisotopic (exact) mass is 668 g/mol. The van der Waals surface area contributed by atoms with Crippen LogP contribution in [0, 0.1) is 11.8 Å². The summed E-state index contributed by atoms with van der Waals surface area (Å²) in [5.74, 6) is -3.20. The average Bonchev–Trinajstić information content (AvgIpc) is 2.95. The molecule has 0 heterocycles. The van der Waals surface area contributed by atoms with Crippen molar-refractivity contribution in [2.24, 2.45) is 11.8 Å². The SMILES string of the molecule is CCCCC(CC)CNC(=O)CC(C)OC(=O)CCC(=O)[O-].CCCCC(CC)CNC(=O)CC(C)OC(=O)CCC(=O)[O-].[Ca+2]. The Kier molecular flexibility index (Phi) is 32.4. The first-order chi connectivity index (χ1) is 20.8. The van der Waals surface area contributed by atoms with Crippen LogP contribution in [0.3, 0.4) is 0 Å². The molecule has 13 heteroatoms. The second-order valence-electron chi connectivity index (χ2n) is 11.2. The number of carboxylic acids is 2. The summed E-state index contributed by atoms with van der Waals surface area (Å²) in [6.45, 7) is 13.0. The fourth-order valence-electron chi connectivity index (χ4n) is 4.13. The molecule has 0 aromatic carbocycles. The number of esters is 2. The minimum atomic E-state index is -1.29. The van der Waals surface area contributed by atoms with Crippen molar-refractivity contribution in [3.63, 3.8) is 0 Å². The summed E-state index contributed by atoms with van der Waals surface area (Å²) in [4.78, 5) is 66.7. The normalized spacial score (nSPS) is 12.9. The first kappa shape index (κ1) is 47.5. The van der Waals surface area contributed by atoms with E-state index in [1.54, 1.807) is 13.8 Å². The van der Waals surface area contributed by atoms with Crippen molar-refractivity contribution in [1.29, 1.82) is 0 Å². The van der Waals surface area contributed by atoms with Gasteiger partial charge in [-0.25, -0.2) is 0 Å². The predicted molar refractivity (Wildman–Crippen MR) is 167 cm³/mol. The van der Waals surface area contributed by atoms with Crippen LogP contribution in [0.5, 0.6) is 0 Å². The van der Waals surface area contributed by atoms with Gasteiger partial charge >= 0.3 is 49.7 Å². The third-order valence-corrected chi connectivity index (χ3v) is 6.94. The Morgan fingerprint density at radius 1 is 0.600 bits per heavy atom. The third-order valence-electron chi connectivity index (χ3n) is 6.94. The van der Waals surface area contributed by atoms with E-state index in [9.17, 15) is 39.0 Å². The van der Waals surface area contributed by atoms with E-state index in [-0.39, 0.29) is 88.1 Å². The molecule has 4 atom stereocenters. The first-order valence-electron chi connectivity index (χ1n) is 16.1. The zero-order chi connectivity index (χ0) is 33.9. The maximum atomic E-state index is 11.8. The van der Waals surface area contributed by atoms with Crippen molar-refractivity contribution >= 4 is 73.4 Å². The van der Waals surface area contributed by atoms with Gasteiger partial charge < -0.3 is 39.9 Å². The molecule has 0 aliphatic rings. The van der Waals surface area contributed by atoms with E-state index in [1.807, 2.05) is 0 Å². The molecule has 4 unspecified atom stereocenters. The topological polar surface area (TPSA) is 191 Å². The summed E-state index contributed by atoms with van der Waals surface area (Å²) in [5.41, 5.74) is 0. The van der Waals surface area contributed by atoms with Crippen LogP contribution in [0.1, 0.15) is 131 Å². The van der Waals surface area contributed by atoms with Crippen molar-refractivity contribution in [2.75, 3.05) is 13.1 Å². The van der Waals surface area contributed by atoms with Gasteiger partial charge in [0.2, 0.25) is 11.8 Å². The molecule has 0 radical (unpaired) electrons. The van der Waals surface area contributed by atoms with Crippen LogP contribution in [-0.2, 0) is 38.2 Å². The molecular formula is C32H56CaN2O10. The summed E-state index contributed by atoms with van der Waals surface area (Å²) in [6, 6.07) is 0. The number of aliphatic carboxylic acids is 2. The molecule has 2 N–H and O–H groups in total. The van der Waals surface area contributed by atoms with Gasteiger partial charge in [0.05, 0.1) is 25.7 Å². The number of hydrogen-bond acceptors (Lipinski definition) is 10. The number of ether oxygens (including phenoxy) is 2. The quantitative estimate of drug-likeness (QED) is 0.114. The molecular weight excluding hydrogens is 612 g/mol. The molecule has 0 saturated heterocycles. The van der Waals surface area contributed by atoms with Crippen molar-refractivity contribution in [1.82, 2.24) is 10.6 Å². The smallest absolute Gasteiger partial charge is 0.550 e. The number of hydrogen-bond donors (Lipinski definition) is 2. The molecule has 45 heavy (non-hydrogen) atoms. The van der Waals surface area contributed by atoms with Gasteiger partial charge in [-0.05, 0) is 51.4 Å². The van der Waals surface area contributed by atoms with E-state index < -0.39 is 36.1 Å². The summed E-state index contributed by atoms with van der Waals surface area (Å²) >= 11 is 0. The fraction of sp³-hybridized carbons (Fsp3) is 0.812. The summed E-state index contributed by atoms with van der Waals surface area (Å²) < 4.78 is 9.96. The molecule has 0 fully saturated rings. The van der Waals surface area contributed by atoms with E-state index in [0.717, 1.165) is 51.4 Å². The van der Waals surface area contributed by atoms with Gasteiger partial charge in [-0.3, -0.25) is 19.2 Å². The maximum absolute atomic E-state index is 11.8. The number of unbranched alkanes of at least 4 members (excludes halogenated alkanes) is 2. The molecule has 2 amide bonds. The van der Waals surface area contributed by atoms with Crippen LogP contribution in [0.25, 0.3) is 0 Å². The zero-order valence-corrected chi connectivity index (χ0v) is 30.6. The maximum Gasteiger partial charge on any atom is 2.00 e. The molecule has 12 nitrogen and oxygen atoms in total. The van der Waals surface area contributed by atoms with Crippen LogP contribution in [0.4, 0.5) is 0 Å².